The van der Waals surface area contributed by atoms with Gasteiger partial charge in [0.25, 0.3) is 0 Å². The standard InChI is InChI=1S/C18H20BrN/c1-13-10-11-15(19)12-18(13)20-17-9-5-3-7-14-6-2-4-8-16(14)17/h2,4,6,8,10-12,17,20H,3,5,7,9H2,1H3. The highest BCUT2D eigenvalue weighted by Gasteiger charge is 2.18. The van der Waals surface area contributed by atoms with Crippen molar-refractivity contribution in [2.45, 2.75) is 38.6 Å². The van der Waals surface area contributed by atoms with Gasteiger partial charge in [0.1, 0.15) is 0 Å². The summed E-state index contributed by atoms with van der Waals surface area (Å²) in [7, 11) is 0. The highest BCUT2D eigenvalue weighted by Crippen LogP contribution is 2.33. The lowest BCUT2D eigenvalue weighted by Gasteiger charge is -2.22. The first kappa shape index (κ1) is 13.7. The van der Waals surface area contributed by atoms with Crippen LogP contribution in [0.5, 0.6) is 0 Å². The molecule has 2 aromatic rings. The van der Waals surface area contributed by atoms with E-state index in [9.17, 15) is 0 Å². The maximum Gasteiger partial charge on any atom is 0.0516 e. The maximum absolute atomic E-state index is 3.76. The number of nitrogens with one attached hydrogen (secondary N) is 1. The van der Waals surface area contributed by atoms with E-state index in [0.29, 0.717) is 6.04 Å². The lowest BCUT2D eigenvalue weighted by molar-refractivity contribution is 0.644. The SMILES string of the molecule is Cc1ccc(Br)cc1NC1CCCCc2ccccc21. The lowest BCUT2D eigenvalue weighted by atomic mass is 9.98. The van der Waals surface area contributed by atoms with E-state index in [0.717, 1.165) is 4.47 Å². The molecule has 1 atom stereocenters. The minimum absolute atomic E-state index is 0.432. The van der Waals surface area contributed by atoms with E-state index in [4.69, 9.17) is 0 Å². The molecule has 1 aliphatic carbocycles. The number of rotatable bonds is 2. The molecule has 104 valence electrons. The largest absolute Gasteiger partial charge is 0.378 e. The third kappa shape index (κ3) is 2.90. The Morgan fingerprint density at radius 2 is 1.95 bits per heavy atom. The Labute approximate surface area is 129 Å². The van der Waals surface area contributed by atoms with Crippen molar-refractivity contribution in [3.8, 4) is 0 Å². The summed E-state index contributed by atoms with van der Waals surface area (Å²) in [5.41, 5.74) is 5.52. The van der Waals surface area contributed by atoms with E-state index in [-0.39, 0.29) is 0 Å². The predicted octanol–water partition coefficient (Wildman–Crippen LogP) is 5.64. The van der Waals surface area contributed by atoms with Gasteiger partial charge in [-0.15, -0.1) is 0 Å². The number of hydrogen-bond donors (Lipinski definition) is 1. The fourth-order valence-electron chi connectivity index (χ4n) is 3.01. The van der Waals surface area contributed by atoms with Crippen LogP contribution >= 0.6 is 15.9 Å². The van der Waals surface area contributed by atoms with E-state index in [2.05, 4.69) is 70.6 Å². The topological polar surface area (TPSA) is 12.0 Å². The molecule has 0 aliphatic heterocycles. The minimum atomic E-state index is 0.432. The quantitative estimate of drug-likeness (QED) is 0.703. The Bertz CT molecular complexity index is 606. The van der Waals surface area contributed by atoms with Gasteiger partial charge in [0.15, 0.2) is 0 Å². The second kappa shape index (κ2) is 6.01. The maximum atomic E-state index is 3.76. The molecule has 2 aromatic carbocycles. The molecule has 0 spiro atoms. The van der Waals surface area contributed by atoms with Crippen molar-refractivity contribution in [1.82, 2.24) is 0 Å². The molecule has 0 saturated carbocycles. The zero-order chi connectivity index (χ0) is 13.9. The van der Waals surface area contributed by atoms with Crippen LogP contribution in [0, 0.1) is 6.92 Å². The van der Waals surface area contributed by atoms with Crippen molar-refractivity contribution in [3.63, 3.8) is 0 Å². The third-order valence-corrected chi connectivity index (χ3v) is 4.64. The monoisotopic (exact) mass is 329 g/mol. The van der Waals surface area contributed by atoms with Gasteiger partial charge in [0.05, 0.1) is 6.04 Å². The molecule has 0 radical (unpaired) electrons. The first-order valence-electron chi connectivity index (χ1n) is 7.34. The first-order valence-corrected chi connectivity index (χ1v) is 8.14. The van der Waals surface area contributed by atoms with Crippen LogP contribution in [0.4, 0.5) is 5.69 Å². The van der Waals surface area contributed by atoms with Crippen LogP contribution in [0.2, 0.25) is 0 Å². The summed E-state index contributed by atoms with van der Waals surface area (Å²) >= 11 is 3.57. The van der Waals surface area contributed by atoms with Gasteiger partial charge in [-0.2, -0.15) is 0 Å². The molecule has 1 N–H and O–H groups in total. The Morgan fingerprint density at radius 1 is 1.10 bits per heavy atom. The number of anilines is 1. The second-order valence-electron chi connectivity index (χ2n) is 5.60. The molecule has 2 heteroatoms. The van der Waals surface area contributed by atoms with E-state index < -0.39 is 0 Å². The van der Waals surface area contributed by atoms with Gasteiger partial charge in [0.2, 0.25) is 0 Å². The van der Waals surface area contributed by atoms with E-state index in [1.807, 2.05) is 0 Å². The van der Waals surface area contributed by atoms with Crippen LogP contribution in [-0.4, -0.2) is 0 Å². The number of halogens is 1. The van der Waals surface area contributed by atoms with E-state index in [1.54, 1.807) is 0 Å². The fourth-order valence-corrected chi connectivity index (χ4v) is 3.37. The third-order valence-electron chi connectivity index (χ3n) is 4.15. The van der Waals surface area contributed by atoms with Crippen molar-refractivity contribution < 1.29 is 0 Å². The number of fused-ring (bicyclic) bond motifs is 1. The van der Waals surface area contributed by atoms with Crippen molar-refractivity contribution >= 4 is 21.6 Å². The predicted molar refractivity (Wildman–Crippen MR) is 89.2 cm³/mol. The van der Waals surface area contributed by atoms with Gasteiger partial charge in [-0.1, -0.05) is 52.7 Å². The molecule has 1 aliphatic rings. The van der Waals surface area contributed by atoms with Gasteiger partial charge in [-0.3, -0.25) is 0 Å². The molecule has 0 heterocycles. The van der Waals surface area contributed by atoms with E-state index in [1.165, 1.54) is 48.1 Å². The van der Waals surface area contributed by atoms with Gasteiger partial charge in [-0.05, 0) is 55.0 Å². The average molecular weight is 330 g/mol. The van der Waals surface area contributed by atoms with Crippen LogP contribution in [0.15, 0.2) is 46.9 Å². The zero-order valence-corrected chi connectivity index (χ0v) is 13.4. The molecule has 0 fully saturated rings. The number of hydrogen-bond acceptors (Lipinski definition) is 1. The molecule has 0 saturated heterocycles. The first-order chi connectivity index (χ1) is 9.74. The smallest absolute Gasteiger partial charge is 0.0516 e. The van der Waals surface area contributed by atoms with Crippen molar-refractivity contribution in [2.24, 2.45) is 0 Å². The van der Waals surface area contributed by atoms with E-state index >= 15 is 0 Å². The van der Waals surface area contributed by atoms with Gasteiger partial charge in [-0.25, -0.2) is 0 Å². The number of benzene rings is 2. The fraction of sp³-hybridized carbons (Fsp3) is 0.333. The van der Waals surface area contributed by atoms with Gasteiger partial charge >= 0.3 is 0 Å². The molecule has 1 nitrogen and oxygen atoms in total. The summed E-state index contributed by atoms with van der Waals surface area (Å²) in [4.78, 5) is 0. The highest BCUT2D eigenvalue weighted by atomic mass is 79.9. The summed E-state index contributed by atoms with van der Waals surface area (Å²) in [6.07, 6.45) is 5.01. The normalized spacial score (nSPS) is 18.2. The molecular weight excluding hydrogens is 310 g/mol. The summed E-state index contributed by atoms with van der Waals surface area (Å²) in [5, 5.41) is 3.76. The number of aryl methyl sites for hydroxylation is 2. The molecular formula is C18H20BrN. The second-order valence-corrected chi connectivity index (χ2v) is 6.52. The molecule has 0 amide bonds. The lowest BCUT2D eigenvalue weighted by Crippen LogP contribution is -2.12. The Kier molecular flexibility index (Phi) is 4.11. The van der Waals surface area contributed by atoms with Crippen molar-refractivity contribution in [3.05, 3.63) is 63.6 Å². The van der Waals surface area contributed by atoms with Crippen LogP contribution in [0.1, 0.15) is 42.0 Å². The summed E-state index contributed by atoms with van der Waals surface area (Å²) in [5.74, 6) is 0. The van der Waals surface area contributed by atoms with Crippen LogP contribution in [-0.2, 0) is 6.42 Å². The minimum Gasteiger partial charge on any atom is -0.378 e. The molecule has 1 unspecified atom stereocenters. The van der Waals surface area contributed by atoms with Gasteiger partial charge < -0.3 is 5.32 Å². The average Bonchev–Trinajstić information content (AvgIpc) is 2.66. The van der Waals surface area contributed by atoms with Crippen LogP contribution in [0.3, 0.4) is 0 Å². The highest BCUT2D eigenvalue weighted by molar-refractivity contribution is 9.10. The Hall–Kier alpha value is -1.28. The summed E-state index contributed by atoms with van der Waals surface area (Å²) in [6, 6.07) is 15.8. The molecule has 0 aromatic heterocycles. The molecule has 0 bridgehead atoms. The van der Waals surface area contributed by atoms with Crippen molar-refractivity contribution in [1.29, 1.82) is 0 Å². The Morgan fingerprint density at radius 3 is 2.85 bits per heavy atom. The summed E-state index contributed by atoms with van der Waals surface area (Å²) < 4.78 is 1.13. The van der Waals surface area contributed by atoms with Gasteiger partial charge in [0, 0.05) is 10.2 Å². The van der Waals surface area contributed by atoms with Crippen molar-refractivity contribution in [2.75, 3.05) is 5.32 Å². The van der Waals surface area contributed by atoms with Crippen LogP contribution in [0.25, 0.3) is 0 Å². The van der Waals surface area contributed by atoms with Crippen LogP contribution < -0.4 is 5.32 Å². The summed E-state index contributed by atoms with van der Waals surface area (Å²) in [6.45, 7) is 2.16. The zero-order valence-electron chi connectivity index (χ0n) is 11.8. The molecule has 20 heavy (non-hydrogen) atoms. The molecule has 3 rings (SSSR count). The Balaban J connectivity index is 1.92.